The highest BCUT2D eigenvalue weighted by atomic mass is 16.2. The van der Waals surface area contributed by atoms with Crippen molar-refractivity contribution in [3.63, 3.8) is 0 Å². The highest BCUT2D eigenvalue weighted by molar-refractivity contribution is 5.95. The van der Waals surface area contributed by atoms with E-state index in [1.807, 2.05) is 6.92 Å². The molecule has 0 saturated carbocycles. The van der Waals surface area contributed by atoms with Crippen LogP contribution in [0.5, 0.6) is 0 Å². The third-order valence-corrected chi connectivity index (χ3v) is 0.797. The van der Waals surface area contributed by atoms with Gasteiger partial charge in [-0.1, -0.05) is 0 Å². The summed E-state index contributed by atoms with van der Waals surface area (Å²) in [5, 5.41) is 4.65. The van der Waals surface area contributed by atoms with Crippen LogP contribution in [0.15, 0.2) is 4.99 Å². The minimum Gasteiger partial charge on any atom is -0.370 e. The molecule has 10 heavy (non-hydrogen) atoms. The van der Waals surface area contributed by atoms with Gasteiger partial charge < -0.3 is 11.1 Å². The maximum absolute atomic E-state index is 10.5. The molecule has 0 bridgehead atoms. The molecule has 0 rings (SSSR count). The number of carbonyl (C=O) groups excluding carboxylic acids is 1. The van der Waals surface area contributed by atoms with E-state index in [1.54, 1.807) is 0 Å². The summed E-state index contributed by atoms with van der Waals surface area (Å²) in [6.45, 7) is 2.40. The van der Waals surface area contributed by atoms with Crippen LogP contribution in [0.1, 0.15) is 6.92 Å². The first-order chi connectivity index (χ1) is 4.70. The molecule has 4 N–H and O–H groups in total. The van der Waals surface area contributed by atoms with Crippen LogP contribution >= 0.6 is 0 Å². The van der Waals surface area contributed by atoms with Gasteiger partial charge in [-0.05, 0) is 6.92 Å². The minimum absolute atomic E-state index is 0.141. The van der Waals surface area contributed by atoms with E-state index in [9.17, 15) is 4.79 Å². The van der Waals surface area contributed by atoms with Crippen molar-refractivity contribution >= 4 is 12.0 Å². The Balaban J connectivity index is 3.67. The molecule has 0 aromatic heterocycles. The summed E-state index contributed by atoms with van der Waals surface area (Å²) in [6, 6.07) is -0.352. The molecule has 0 unspecified atom stereocenters. The van der Waals surface area contributed by atoms with E-state index in [0.29, 0.717) is 6.54 Å². The van der Waals surface area contributed by atoms with Crippen molar-refractivity contribution in [3.8, 4) is 0 Å². The largest absolute Gasteiger partial charge is 0.370 e. The van der Waals surface area contributed by atoms with E-state index in [0.717, 1.165) is 0 Å². The van der Waals surface area contributed by atoms with Crippen LogP contribution in [0.25, 0.3) is 0 Å². The number of hydrogen-bond acceptors (Lipinski definition) is 2. The van der Waals surface area contributed by atoms with Gasteiger partial charge in [0.1, 0.15) is 0 Å². The first-order valence-electron chi connectivity index (χ1n) is 2.99. The summed E-state index contributed by atoms with van der Waals surface area (Å²) in [4.78, 5) is 14.2. The number of guanidine groups is 1. The lowest BCUT2D eigenvalue weighted by atomic mass is 10.7. The van der Waals surface area contributed by atoms with Crippen LogP contribution < -0.4 is 16.4 Å². The van der Waals surface area contributed by atoms with Crippen molar-refractivity contribution in [1.82, 2.24) is 10.6 Å². The number of amides is 2. The Kier molecular flexibility index (Phi) is 4.02. The number of hydrogen-bond donors (Lipinski definition) is 3. The smallest absolute Gasteiger partial charge is 0.321 e. The fourth-order valence-electron chi connectivity index (χ4n) is 0.389. The molecule has 0 aromatic carbocycles. The van der Waals surface area contributed by atoms with Crippen molar-refractivity contribution in [3.05, 3.63) is 0 Å². The predicted molar refractivity (Wildman–Crippen MR) is 39.8 cm³/mol. The monoisotopic (exact) mass is 144 g/mol. The van der Waals surface area contributed by atoms with Gasteiger partial charge in [-0.25, -0.2) is 4.79 Å². The molecule has 0 fully saturated rings. The highest BCUT2D eigenvalue weighted by Crippen LogP contribution is 1.66. The molecule has 5 nitrogen and oxygen atoms in total. The molecule has 0 aromatic rings. The van der Waals surface area contributed by atoms with Gasteiger partial charge in [0.2, 0.25) is 0 Å². The lowest BCUT2D eigenvalue weighted by Gasteiger charge is -2.00. The topological polar surface area (TPSA) is 79.5 Å². The molecule has 0 saturated heterocycles. The van der Waals surface area contributed by atoms with Crippen molar-refractivity contribution in [2.75, 3.05) is 13.6 Å². The van der Waals surface area contributed by atoms with Crippen LogP contribution in [0.2, 0.25) is 0 Å². The second-order valence-electron chi connectivity index (χ2n) is 1.56. The van der Waals surface area contributed by atoms with Gasteiger partial charge in [0.25, 0.3) is 0 Å². The Morgan fingerprint density at radius 1 is 1.70 bits per heavy atom. The second kappa shape index (κ2) is 4.60. The number of rotatable bonds is 1. The average Bonchev–Trinajstić information content (AvgIpc) is 1.88. The van der Waals surface area contributed by atoms with Crippen molar-refractivity contribution in [2.24, 2.45) is 10.7 Å². The average molecular weight is 144 g/mol. The summed E-state index contributed by atoms with van der Waals surface area (Å²) in [5.41, 5.74) is 5.24. The zero-order chi connectivity index (χ0) is 7.98. The molecule has 0 aliphatic rings. The van der Waals surface area contributed by atoms with E-state index in [-0.39, 0.29) is 12.0 Å². The molecular weight excluding hydrogens is 132 g/mol. The molecule has 0 aliphatic heterocycles. The van der Waals surface area contributed by atoms with Gasteiger partial charge in [-0.3, -0.25) is 10.3 Å². The number of nitrogens with zero attached hydrogens (tertiary/aromatic N) is 1. The van der Waals surface area contributed by atoms with Crippen molar-refractivity contribution in [2.45, 2.75) is 6.92 Å². The van der Waals surface area contributed by atoms with Crippen LogP contribution in [-0.2, 0) is 0 Å². The third-order valence-electron chi connectivity index (χ3n) is 0.797. The number of aliphatic imine (C=N–C) groups is 1. The Bertz CT molecular complexity index is 143. The van der Waals surface area contributed by atoms with E-state index in [4.69, 9.17) is 5.73 Å². The normalized spacial score (nSPS) is 10.8. The van der Waals surface area contributed by atoms with Gasteiger partial charge in [-0.15, -0.1) is 0 Å². The van der Waals surface area contributed by atoms with Crippen molar-refractivity contribution in [1.29, 1.82) is 0 Å². The fourth-order valence-corrected chi connectivity index (χ4v) is 0.389. The molecule has 0 spiro atoms. The van der Waals surface area contributed by atoms with E-state index >= 15 is 0 Å². The van der Waals surface area contributed by atoms with E-state index < -0.39 is 0 Å². The maximum atomic E-state index is 10.5. The molecule has 0 aliphatic carbocycles. The Morgan fingerprint density at radius 3 is 2.70 bits per heavy atom. The SMILES string of the molecule is CCN=C(N)NC(=O)NC. The summed E-state index contributed by atoms with van der Waals surface area (Å²) < 4.78 is 0. The quantitative estimate of drug-likeness (QED) is 0.334. The molecule has 5 heteroatoms. The maximum Gasteiger partial charge on any atom is 0.321 e. The molecule has 0 heterocycles. The van der Waals surface area contributed by atoms with Gasteiger partial charge in [-0.2, -0.15) is 0 Å². The zero-order valence-electron chi connectivity index (χ0n) is 6.14. The van der Waals surface area contributed by atoms with Crippen molar-refractivity contribution < 1.29 is 4.79 Å². The lowest BCUT2D eigenvalue weighted by molar-refractivity contribution is 0.247. The number of urea groups is 1. The summed E-state index contributed by atoms with van der Waals surface area (Å²) in [6.07, 6.45) is 0. The van der Waals surface area contributed by atoms with Gasteiger partial charge in [0.05, 0.1) is 0 Å². The number of carbonyl (C=O) groups is 1. The third kappa shape index (κ3) is 3.71. The first kappa shape index (κ1) is 8.74. The molecule has 0 radical (unpaired) electrons. The van der Waals surface area contributed by atoms with Crippen LogP contribution in [0.3, 0.4) is 0 Å². The van der Waals surface area contributed by atoms with Crippen LogP contribution in [-0.4, -0.2) is 25.6 Å². The summed E-state index contributed by atoms with van der Waals surface area (Å²) in [7, 11) is 1.51. The highest BCUT2D eigenvalue weighted by Gasteiger charge is 1.95. The van der Waals surface area contributed by atoms with Crippen LogP contribution in [0, 0.1) is 0 Å². The second-order valence-corrected chi connectivity index (χ2v) is 1.56. The Hall–Kier alpha value is -1.26. The minimum atomic E-state index is -0.352. The first-order valence-corrected chi connectivity index (χ1v) is 2.99. The molecule has 58 valence electrons. The van der Waals surface area contributed by atoms with Gasteiger partial charge in [0, 0.05) is 13.6 Å². The molecular formula is C5H12N4O. The number of nitrogens with one attached hydrogen (secondary N) is 2. The zero-order valence-corrected chi connectivity index (χ0v) is 6.14. The van der Waals surface area contributed by atoms with Gasteiger partial charge in [0.15, 0.2) is 5.96 Å². The number of nitrogens with two attached hydrogens (primary N) is 1. The van der Waals surface area contributed by atoms with E-state index in [2.05, 4.69) is 15.6 Å². The van der Waals surface area contributed by atoms with Crippen LogP contribution in [0.4, 0.5) is 4.79 Å². The Morgan fingerprint density at radius 2 is 2.30 bits per heavy atom. The predicted octanol–water partition coefficient (Wildman–Crippen LogP) is -0.750. The van der Waals surface area contributed by atoms with E-state index in [1.165, 1.54) is 7.05 Å². The fraction of sp³-hybridized carbons (Fsp3) is 0.600. The standard InChI is InChI=1S/C5H12N4O/c1-3-8-4(6)9-5(10)7-2/h3H2,1-2H3,(H4,6,7,8,9,10). The lowest BCUT2D eigenvalue weighted by Crippen LogP contribution is -2.41. The Labute approximate surface area is 59.7 Å². The molecule has 0 atom stereocenters. The summed E-state index contributed by atoms with van der Waals surface area (Å²) in [5.74, 6) is 0.141. The summed E-state index contributed by atoms with van der Waals surface area (Å²) >= 11 is 0. The molecule has 2 amide bonds. The van der Waals surface area contributed by atoms with Gasteiger partial charge >= 0.3 is 6.03 Å².